The minimum absolute atomic E-state index is 0.159. The third kappa shape index (κ3) is 1.94. The summed E-state index contributed by atoms with van der Waals surface area (Å²) >= 11 is 0. The summed E-state index contributed by atoms with van der Waals surface area (Å²) in [6.45, 7) is 1.68. The van der Waals surface area contributed by atoms with Crippen molar-refractivity contribution in [2.24, 2.45) is 0 Å². The summed E-state index contributed by atoms with van der Waals surface area (Å²) in [5.74, 6) is -2.21. The summed E-state index contributed by atoms with van der Waals surface area (Å²) in [7, 11) is 0. The summed E-state index contributed by atoms with van der Waals surface area (Å²) in [6.07, 6.45) is -0.159. The van der Waals surface area contributed by atoms with Crippen molar-refractivity contribution in [3.8, 4) is 6.07 Å². The quantitative estimate of drug-likeness (QED) is 0.725. The molecule has 0 spiro atoms. The Bertz CT molecular complexity index is 453. The number of alkyl halides is 2. The molecule has 1 aliphatic heterocycles. The Hall–Kier alpha value is -1.77. The molecule has 0 bridgehead atoms. The van der Waals surface area contributed by atoms with Gasteiger partial charge in [-0.25, -0.2) is 8.78 Å². The standard InChI is InChI=1S/C10H10F2N4/c1-7-4-8(5-13)14-15-9(7)16-3-2-10(11,12)6-16/h4H,2-3,6H2,1H3. The first-order chi connectivity index (χ1) is 7.52. The van der Waals surface area contributed by atoms with Gasteiger partial charge in [-0.05, 0) is 18.6 Å². The van der Waals surface area contributed by atoms with E-state index in [1.54, 1.807) is 13.0 Å². The van der Waals surface area contributed by atoms with E-state index in [0.29, 0.717) is 11.4 Å². The van der Waals surface area contributed by atoms with Crippen molar-refractivity contribution < 1.29 is 8.78 Å². The number of aromatic nitrogens is 2. The van der Waals surface area contributed by atoms with Gasteiger partial charge >= 0.3 is 0 Å². The van der Waals surface area contributed by atoms with Gasteiger partial charge in [-0.1, -0.05) is 0 Å². The zero-order valence-electron chi connectivity index (χ0n) is 8.74. The van der Waals surface area contributed by atoms with E-state index in [0.717, 1.165) is 0 Å². The van der Waals surface area contributed by atoms with Crippen LogP contribution in [0.1, 0.15) is 17.7 Å². The molecule has 2 rings (SSSR count). The molecule has 1 fully saturated rings. The molecule has 1 aliphatic rings. The molecule has 16 heavy (non-hydrogen) atoms. The second-order valence-corrected chi connectivity index (χ2v) is 3.88. The first kappa shape index (κ1) is 10.7. The minimum Gasteiger partial charge on any atom is -0.349 e. The Morgan fingerprint density at radius 2 is 2.25 bits per heavy atom. The lowest BCUT2D eigenvalue weighted by Gasteiger charge is -2.18. The first-order valence-electron chi connectivity index (χ1n) is 4.89. The Morgan fingerprint density at radius 1 is 1.50 bits per heavy atom. The number of hydrogen-bond acceptors (Lipinski definition) is 4. The van der Waals surface area contributed by atoms with Crippen LogP contribution in [0.5, 0.6) is 0 Å². The molecule has 0 aromatic carbocycles. The van der Waals surface area contributed by atoms with Crippen LogP contribution in [0.15, 0.2) is 6.07 Å². The van der Waals surface area contributed by atoms with E-state index in [1.807, 2.05) is 6.07 Å². The molecular formula is C10H10F2N4. The van der Waals surface area contributed by atoms with Gasteiger partial charge in [0.15, 0.2) is 11.5 Å². The molecule has 1 aromatic rings. The van der Waals surface area contributed by atoms with Gasteiger partial charge < -0.3 is 4.90 Å². The molecule has 0 atom stereocenters. The number of nitrogens with zero attached hydrogens (tertiary/aromatic N) is 4. The monoisotopic (exact) mass is 224 g/mol. The number of rotatable bonds is 1. The van der Waals surface area contributed by atoms with Crippen LogP contribution in [0.4, 0.5) is 14.6 Å². The second kappa shape index (κ2) is 3.67. The minimum atomic E-state index is -2.65. The fourth-order valence-electron chi connectivity index (χ4n) is 1.76. The maximum absolute atomic E-state index is 13.0. The summed E-state index contributed by atoms with van der Waals surface area (Å²) in [5.41, 5.74) is 0.899. The van der Waals surface area contributed by atoms with Crippen molar-refractivity contribution in [2.75, 3.05) is 18.0 Å². The van der Waals surface area contributed by atoms with E-state index in [2.05, 4.69) is 10.2 Å². The second-order valence-electron chi connectivity index (χ2n) is 3.88. The molecule has 4 nitrogen and oxygen atoms in total. The lowest BCUT2D eigenvalue weighted by Crippen LogP contribution is -2.26. The van der Waals surface area contributed by atoms with Crippen LogP contribution < -0.4 is 4.90 Å². The summed E-state index contributed by atoms with van der Waals surface area (Å²) < 4.78 is 26.0. The number of nitriles is 1. The highest BCUT2D eigenvalue weighted by Crippen LogP contribution is 2.30. The van der Waals surface area contributed by atoms with Gasteiger partial charge in [-0.3, -0.25) is 0 Å². The predicted molar refractivity (Wildman–Crippen MR) is 53.3 cm³/mol. The van der Waals surface area contributed by atoms with Crippen molar-refractivity contribution in [3.63, 3.8) is 0 Å². The van der Waals surface area contributed by atoms with Crippen LogP contribution in [-0.4, -0.2) is 29.2 Å². The molecule has 1 aromatic heterocycles. The Kier molecular flexibility index (Phi) is 2.46. The number of aryl methyl sites for hydroxylation is 1. The van der Waals surface area contributed by atoms with Crippen LogP contribution in [0.3, 0.4) is 0 Å². The lowest BCUT2D eigenvalue weighted by atomic mass is 10.2. The van der Waals surface area contributed by atoms with Gasteiger partial charge in [0.25, 0.3) is 5.92 Å². The Balaban J connectivity index is 2.26. The van der Waals surface area contributed by atoms with E-state index in [-0.39, 0.29) is 25.2 Å². The molecule has 0 N–H and O–H groups in total. The molecule has 0 aliphatic carbocycles. The third-order valence-electron chi connectivity index (χ3n) is 2.54. The highest BCUT2D eigenvalue weighted by molar-refractivity contribution is 5.48. The molecule has 0 saturated carbocycles. The van der Waals surface area contributed by atoms with Gasteiger partial charge in [0.1, 0.15) is 6.07 Å². The van der Waals surface area contributed by atoms with Crippen molar-refractivity contribution >= 4 is 5.82 Å². The summed E-state index contributed by atoms with van der Waals surface area (Å²) in [6, 6.07) is 3.42. The topological polar surface area (TPSA) is 52.8 Å². The molecule has 0 radical (unpaired) electrons. The largest absolute Gasteiger partial charge is 0.349 e. The zero-order chi connectivity index (χ0) is 11.8. The van der Waals surface area contributed by atoms with E-state index in [9.17, 15) is 8.78 Å². The predicted octanol–water partition coefficient (Wildman–Crippen LogP) is 1.50. The summed E-state index contributed by atoms with van der Waals surface area (Å²) in [4.78, 5) is 1.50. The van der Waals surface area contributed by atoms with E-state index < -0.39 is 5.92 Å². The highest BCUT2D eigenvalue weighted by atomic mass is 19.3. The van der Waals surface area contributed by atoms with Gasteiger partial charge in [-0.15, -0.1) is 10.2 Å². The van der Waals surface area contributed by atoms with Gasteiger partial charge in [0.05, 0.1) is 6.54 Å². The number of halogens is 2. The van der Waals surface area contributed by atoms with Crippen molar-refractivity contribution in [2.45, 2.75) is 19.3 Å². The smallest absolute Gasteiger partial charge is 0.266 e. The lowest BCUT2D eigenvalue weighted by molar-refractivity contribution is 0.0256. The van der Waals surface area contributed by atoms with Gasteiger partial charge in [0.2, 0.25) is 0 Å². The average molecular weight is 224 g/mol. The molecule has 6 heteroatoms. The van der Waals surface area contributed by atoms with Crippen LogP contribution in [0, 0.1) is 18.3 Å². The normalized spacial score (nSPS) is 18.5. The molecule has 1 saturated heterocycles. The fraction of sp³-hybridized carbons (Fsp3) is 0.500. The number of anilines is 1. The van der Waals surface area contributed by atoms with E-state index in [1.165, 1.54) is 4.90 Å². The van der Waals surface area contributed by atoms with Crippen molar-refractivity contribution in [3.05, 3.63) is 17.3 Å². The highest BCUT2D eigenvalue weighted by Gasteiger charge is 2.39. The van der Waals surface area contributed by atoms with Crippen LogP contribution >= 0.6 is 0 Å². The van der Waals surface area contributed by atoms with E-state index in [4.69, 9.17) is 5.26 Å². The Labute approximate surface area is 91.5 Å². The maximum atomic E-state index is 13.0. The van der Waals surface area contributed by atoms with Crippen LogP contribution in [0.2, 0.25) is 0 Å². The van der Waals surface area contributed by atoms with Gasteiger partial charge in [-0.2, -0.15) is 5.26 Å². The van der Waals surface area contributed by atoms with Crippen molar-refractivity contribution in [1.82, 2.24) is 10.2 Å². The Morgan fingerprint density at radius 3 is 2.75 bits per heavy atom. The fourth-order valence-corrected chi connectivity index (χ4v) is 1.76. The molecular weight excluding hydrogens is 214 g/mol. The van der Waals surface area contributed by atoms with E-state index >= 15 is 0 Å². The van der Waals surface area contributed by atoms with Crippen molar-refractivity contribution in [1.29, 1.82) is 5.26 Å². The molecule has 0 unspecified atom stereocenters. The molecule has 0 amide bonds. The third-order valence-corrected chi connectivity index (χ3v) is 2.54. The van der Waals surface area contributed by atoms with Gasteiger partial charge in [0, 0.05) is 13.0 Å². The summed E-state index contributed by atoms with van der Waals surface area (Å²) in [5, 5.41) is 16.1. The first-order valence-corrected chi connectivity index (χ1v) is 4.89. The maximum Gasteiger partial charge on any atom is 0.266 e. The van der Waals surface area contributed by atoms with Crippen LogP contribution in [-0.2, 0) is 0 Å². The SMILES string of the molecule is Cc1cc(C#N)nnc1N1CCC(F)(F)C1. The number of hydrogen-bond donors (Lipinski definition) is 0. The molecule has 2 heterocycles. The zero-order valence-corrected chi connectivity index (χ0v) is 8.74. The average Bonchev–Trinajstić information content (AvgIpc) is 2.58. The molecule has 84 valence electrons. The van der Waals surface area contributed by atoms with Crippen LogP contribution in [0.25, 0.3) is 0 Å².